The molecule has 32 heavy (non-hydrogen) atoms. The summed E-state index contributed by atoms with van der Waals surface area (Å²) in [5.41, 5.74) is -0.136. The Labute approximate surface area is 188 Å². The maximum atomic E-state index is 10.3. The summed E-state index contributed by atoms with van der Waals surface area (Å²) in [4.78, 5) is 2.29. The van der Waals surface area contributed by atoms with Crippen LogP contribution in [0.3, 0.4) is 0 Å². The molecule has 1 N–H and O–H groups in total. The first-order valence-electron chi connectivity index (χ1n) is 10.7. The molecule has 2 aliphatic rings. The van der Waals surface area contributed by atoms with Gasteiger partial charge in [0.2, 0.25) is 0 Å². The zero-order valence-electron chi connectivity index (χ0n) is 18.5. The molecule has 0 amide bonds. The van der Waals surface area contributed by atoms with Crippen molar-refractivity contribution >= 4 is 16.5 Å². The first kappa shape index (κ1) is 21.6. The Hall–Kier alpha value is -3.66. The van der Waals surface area contributed by atoms with Gasteiger partial charge in [0.15, 0.2) is 5.41 Å². The van der Waals surface area contributed by atoms with Gasteiger partial charge in [-0.3, -0.25) is 4.90 Å². The number of benzene rings is 2. The van der Waals surface area contributed by atoms with Gasteiger partial charge in [0.05, 0.1) is 31.0 Å². The predicted octanol–water partition coefficient (Wildman–Crippen LogP) is 4.41. The second-order valence-corrected chi connectivity index (χ2v) is 8.75. The van der Waals surface area contributed by atoms with E-state index in [9.17, 15) is 15.8 Å². The number of ether oxygens (including phenoxy) is 1. The maximum Gasteiger partial charge on any atom is 0.189 e. The molecule has 2 aromatic rings. The molecule has 0 radical (unpaired) electrons. The molecule has 1 unspecified atom stereocenters. The lowest BCUT2D eigenvalue weighted by Gasteiger charge is -2.48. The highest BCUT2D eigenvalue weighted by atomic mass is 16.5. The Morgan fingerprint density at radius 1 is 1.09 bits per heavy atom. The molecular formula is C26H25N5O. The van der Waals surface area contributed by atoms with Gasteiger partial charge < -0.3 is 10.1 Å². The van der Waals surface area contributed by atoms with Crippen molar-refractivity contribution in [3.05, 3.63) is 53.6 Å². The molecular weight excluding hydrogens is 398 g/mol. The minimum Gasteiger partial charge on any atom is -0.496 e. The van der Waals surface area contributed by atoms with Crippen LogP contribution in [-0.4, -0.2) is 36.9 Å². The molecule has 1 fully saturated rings. The molecule has 6 heteroatoms. The molecule has 0 bridgehead atoms. The molecule has 0 spiro atoms. The number of nitriles is 3. The van der Waals surface area contributed by atoms with Gasteiger partial charge in [-0.15, -0.1) is 0 Å². The van der Waals surface area contributed by atoms with Crippen molar-refractivity contribution in [3.8, 4) is 24.0 Å². The van der Waals surface area contributed by atoms with Crippen LogP contribution in [-0.2, 0) is 0 Å². The lowest BCUT2D eigenvalue weighted by atomic mass is 9.54. The van der Waals surface area contributed by atoms with Gasteiger partial charge in [-0.1, -0.05) is 36.4 Å². The Balaban J connectivity index is 2.03. The highest BCUT2D eigenvalue weighted by molar-refractivity contribution is 6.02. The van der Waals surface area contributed by atoms with E-state index in [-0.39, 0.29) is 17.7 Å². The van der Waals surface area contributed by atoms with Crippen LogP contribution in [0, 0.1) is 56.7 Å². The third-order valence-corrected chi connectivity index (χ3v) is 7.02. The maximum absolute atomic E-state index is 10.3. The normalized spacial score (nSPS) is 24.7. The number of hydrogen-bond donors (Lipinski definition) is 1. The van der Waals surface area contributed by atoms with Crippen LogP contribution in [0.15, 0.2) is 48.0 Å². The van der Waals surface area contributed by atoms with E-state index in [4.69, 9.17) is 10.1 Å². The molecule has 1 aliphatic carbocycles. The summed E-state index contributed by atoms with van der Waals surface area (Å²) in [5, 5.41) is 41.2. The number of methoxy groups -OCH3 is 1. The highest BCUT2D eigenvalue weighted by Crippen LogP contribution is 2.55. The Bertz CT molecular complexity index is 1230. The summed E-state index contributed by atoms with van der Waals surface area (Å²) >= 11 is 0. The van der Waals surface area contributed by atoms with E-state index in [1.165, 1.54) is 0 Å². The summed E-state index contributed by atoms with van der Waals surface area (Å²) in [6.07, 6.45) is 2.04. The molecule has 0 aromatic heterocycles. The largest absolute Gasteiger partial charge is 0.496 e. The quantitative estimate of drug-likeness (QED) is 0.736. The van der Waals surface area contributed by atoms with Crippen LogP contribution >= 0.6 is 0 Å². The van der Waals surface area contributed by atoms with Crippen molar-refractivity contribution in [2.45, 2.75) is 25.8 Å². The fourth-order valence-corrected chi connectivity index (χ4v) is 5.34. The number of hydrogen-bond acceptors (Lipinski definition) is 6. The van der Waals surface area contributed by atoms with Crippen molar-refractivity contribution in [1.29, 1.82) is 21.2 Å². The van der Waals surface area contributed by atoms with E-state index in [0.29, 0.717) is 18.8 Å². The molecule has 1 aliphatic heterocycles. The first-order chi connectivity index (χ1) is 15.4. The highest BCUT2D eigenvalue weighted by Gasteiger charge is 2.58. The van der Waals surface area contributed by atoms with Crippen LogP contribution in [0.5, 0.6) is 5.75 Å². The molecule has 1 saturated carbocycles. The predicted molar refractivity (Wildman–Crippen MR) is 122 cm³/mol. The standard InChI is InChI=1S/C26H25N5O/c1-16(2)31-11-10-18-21(12-27)25(30)26(14-28,15-29)24(22(18)13-31)20-8-9-23(32-3)19-7-5-4-6-17(19)20/h4-10,16,21-22,24,30H,11,13H2,1-3H3/t21?,22-,24-/m0/s1. The van der Waals surface area contributed by atoms with Crippen LogP contribution in [0.4, 0.5) is 0 Å². The number of nitrogens with one attached hydrogen (secondary N) is 1. The third-order valence-electron chi connectivity index (χ3n) is 7.02. The van der Waals surface area contributed by atoms with Gasteiger partial charge in [-0.05, 0) is 36.4 Å². The van der Waals surface area contributed by atoms with Crippen LogP contribution < -0.4 is 4.74 Å². The first-order valence-corrected chi connectivity index (χ1v) is 10.7. The summed E-state index contributed by atoms with van der Waals surface area (Å²) in [7, 11) is 1.62. The Morgan fingerprint density at radius 2 is 1.78 bits per heavy atom. The number of fused-ring (bicyclic) bond motifs is 2. The lowest BCUT2D eigenvalue weighted by molar-refractivity contribution is 0.171. The topological polar surface area (TPSA) is 108 Å². The minimum absolute atomic E-state index is 0.115. The molecule has 160 valence electrons. The fraction of sp³-hybridized carbons (Fsp3) is 0.385. The van der Waals surface area contributed by atoms with Crippen molar-refractivity contribution < 1.29 is 4.74 Å². The molecule has 4 rings (SSSR count). The van der Waals surface area contributed by atoms with E-state index >= 15 is 0 Å². The van der Waals surface area contributed by atoms with E-state index in [2.05, 4.69) is 37.0 Å². The summed E-state index contributed by atoms with van der Waals surface area (Å²) in [5.74, 6) is -0.929. The Kier molecular flexibility index (Phi) is 5.47. The second kappa shape index (κ2) is 8.12. The lowest BCUT2D eigenvalue weighted by Crippen LogP contribution is -2.53. The van der Waals surface area contributed by atoms with Crippen molar-refractivity contribution in [2.24, 2.45) is 17.3 Å². The second-order valence-electron chi connectivity index (χ2n) is 8.75. The van der Waals surface area contributed by atoms with Gasteiger partial charge in [0.1, 0.15) is 11.7 Å². The van der Waals surface area contributed by atoms with Crippen LogP contribution in [0.2, 0.25) is 0 Å². The molecule has 0 saturated heterocycles. The average Bonchev–Trinajstić information content (AvgIpc) is 2.82. The van der Waals surface area contributed by atoms with E-state index < -0.39 is 17.3 Å². The van der Waals surface area contributed by atoms with Crippen LogP contribution in [0.1, 0.15) is 25.3 Å². The SMILES string of the molecule is COc1ccc([C@H]2[C@H]3CN(C(C)C)CC=C3C(C#N)C(=N)C2(C#N)C#N)c2ccccc12. The summed E-state index contributed by atoms with van der Waals surface area (Å²) in [6, 6.07) is 18.4. The van der Waals surface area contributed by atoms with Gasteiger partial charge >= 0.3 is 0 Å². The minimum atomic E-state index is -1.72. The summed E-state index contributed by atoms with van der Waals surface area (Å²) in [6.45, 7) is 5.55. The van der Waals surface area contributed by atoms with Crippen LogP contribution in [0.25, 0.3) is 10.8 Å². The average molecular weight is 424 g/mol. The molecule has 6 nitrogen and oxygen atoms in total. The van der Waals surface area contributed by atoms with Gasteiger partial charge in [0, 0.05) is 36.4 Å². The van der Waals surface area contributed by atoms with Crippen molar-refractivity contribution in [2.75, 3.05) is 20.2 Å². The molecule has 3 atom stereocenters. The monoisotopic (exact) mass is 423 g/mol. The van der Waals surface area contributed by atoms with E-state index in [1.807, 2.05) is 42.5 Å². The zero-order chi connectivity index (χ0) is 23.0. The Morgan fingerprint density at radius 3 is 2.38 bits per heavy atom. The zero-order valence-corrected chi connectivity index (χ0v) is 18.5. The van der Waals surface area contributed by atoms with Gasteiger partial charge in [0.25, 0.3) is 0 Å². The number of rotatable bonds is 3. The third kappa shape index (κ3) is 2.98. The number of nitrogens with zero attached hydrogens (tertiary/aromatic N) is 4. The van der Waals surface area contributed by atoms with E-state index in [0.717, 1.165) is 21.9 Å². The fourth-order valence-electron chi connectivity index (χ4n) is 5.34. The van der Waals surface area contributed by atoms with Crippen molar-refractivity contribution in [1.82, 2.24) is 4.90 Å². The van der Waals surface area contributed by atoms with Gasteiger partial charge in [-0.25, -0.2) is 0 Å². The van der Waals surface area contributed by atoms with E-state index in [1.54, 1.807) is 7.11 Å². The smallest absolute Gasteiger partial charge is 0.189 e. The van der Waals surface area contributed by atoms with Gasteiger partial charge in [-0.2, -0.15) is 15.8 Å². The molecule has 2 aromatic carbocycles. The van der Waals surface area contributed by atoms with Crippen molar-refractivity contribution in [3.63, 3.8) is 0 Å². The molecule has 1 heterocycles. The summed E-state index contributed by atoms with van der Waals surface area (Å²) < 4.78 is 5.55.